The van der Waals surface area contributed by atoms with Gasteiger partial charge in [-0.25, -0.2) is 0 Å². The van der Waals surface area contributed by atoms with E-state index >= 15 is 0 Å². The smallest absolute Gasteiger partial charge is 0.132 e. The number of nitrogens with two attached hydrogens (primary N) is 1. The third-order valence-corrected chi connectivity index (χ3v) is 2.96. The van der Waals surface area contributed by atoms with Crippen molar-refractivity contribution in [3.8, 4) is 11.5 Å². The monoisotopic (exact) mass is 291 g/mol. The zero-order valence-electron chi connectivity index (χ0n) is 9.61. The van der Waals surface area contributed by atoms with Crippen LogP contribution in [0.3, 0.4) is 0 Å². The Labute approximate surface area is 110 Å². The first kappa shape index (κ1) is 12.1. The van der Waals surface area contributed by atoms with Gasteiger partial charge in [-0.15, -0.1) is 0 Å². The van der Waals surface area contributed by atoms with Gasteiger partial charge in [0.25, 0.3) is 0 Å². The molecule has 88 valence electrons. The van der Waals surface area contributed by atoms with Gasteiger partial charge in [0.05, 0.1) is 0 Å². The minimum atomic E-state index is 0.476. The Kier molecular flexibility index (Phi) is 3.82. The molecule has 2 N–H and O–H groups in total. The van der Waals surface area contributed by atoms with Gasteiger partial charge >= 0.3 is 0 Å². The second kappa shape index (κ2) is 5.34. The maximum absolute atomic E-state index is 5.85. The lowest BCUT2D eigenvalue weighted by molar-refractivity contribution is 0.475. The molecule has 0 saturated carbocycles. The van der Waals surface area contributed by atoms with Gasteiger partial charge in [0.15, 0.2) is 0 Å². The van der Waals surface area contributed by atoms with Crippen LogP contribution >= 0.6 is 15.9 Å². The Morgan fingerprint density at radius 1 is 1.18 bits per heavy atom. The van der Waals surface area contributed by atoms with E-state index in [9.17, 15) is 0 Å². The van der Waals surface area contributed by atoms with Crippen molar-refractivity contribution in [2.75, 3.05) is 0 Å². The van der Waals surface area contributed by atoms with E-state index in [1.165, 1.54) is 0 Å². The van der Waals surface area contributed by atoms with E-state index in [0.29, 0.717) is 6.54 Å². The van der Waals surface area contributed by atoms with Gasteiger partial charge in [0.2, 0.25) is 0 Å². The number of rotatable bonds is 3. The first-order valence-corrected chi connectivity index (χ1v) is 6.21. The van der Waals surface area contributed by atoms with Crippen LogP contribution in [0.1, 0.15) is 11.1 Å². The third kappa shape index (κ3) is 3.08. The van der Waals surface area contributed by atoms with Gasteiger partial charge in [-0.1, -0.05) is 34.1 Å². The van der Waals surface area contributed by atoms with Crippen molar-refractivity contribution in [3.63, 3.8) is 0 Å². The second-order valence-electron chi connectivity index (χ2n) is 3.87. The normalized spacial score (nSPS) is 10.3. The van der Waals surface area contributed by atoms with Crippen molar-refractivity contribution in [2.24, 2.45) is 5.73 Å². The van der Waals surface area contributed by atoms with Crippen LogP contribution in [-0.2, 0) is 6.54 Å². The zero-order chi connectivity index (χ0) is 12.3. The molecule has 0 aromatic heterocycles. The SMILES string of the molecule is Cc1ccc(CN)c(Oc2cccc(Br)c2)c1. The fourth-order valence-electron chi connectivity index (χ4n) is 1.58. The average Bonchev–Trinajstić information content (AvgIpc) is 2.29. The first-order chi connectivity index (χ1) is 8.19. The van der Waals surface area contributed by atoms with Gasteiger partial charge in [0, 0.05) is 16.6 Å². The first-order valence-electron chi connectivity index (χ1n) is 5.42. The number of hydrogen-bond acceptors (Lipinski definition) is 2. The molecule has 0 aliphatic heterocycles. The lowest BCUT2D eigenvalue weighted by atomic mass is 10.1. The van der Waals surface area contributed by atoms with Gasteiger partial charge in [-0.3, -0.25) is 0 Å². The maximum atomic E-state index is 5.85. The predicted octanol–water partition coefficient (Wildman–Crippen LogP) is 4.01. The molecule has 17 heavy (non-hydrogen) atoms. The molecule has 0 atom stereocenters. The summed E-state index contributed by atoms with van der Waals surface area (Å²) in [7, 11) is 0. The van der Waals surface area contributed by atoms with E-state index in [2.05, 4.69) is 15.9 Å². The lowest BCUT2D eigenvalue weighted by Crippen LogP contribution is -1.99. The van der Waals surface area contributed by atoms with Crippen LogP contribution in [0.2, 0.25) is 0 Å². The molecule has 0 unspecified atom stereocenters. The van der Waals surface area contributed by atoms with Crippen LogP contribution in [0.4, 0.5) is 0 Å². The highest BCUT2D eigenvalue weighted by Crippen LogP contribution is 2.28. The van der Waals surface area contributed by atoms with Crippen LogP contribution in [-0.4, -0.2) is 0 Å². The minimum absolute atomic E-state index is 0.476. The molecule has 3 heteroatoms. The zero-order valence-corrected chi connectivity index (χ0v) is 11.2. The Morgan fingerprint density at radius 2 is 2.00 bits per heavy atom. The van der Waals surface area contributed by atoms with E-state index in [4.69, 9.17) is 10.5 Å². The van der Waals surface area contributed by atoms with Crippen LogP contribution in [0.5, 0.6) is 11.5 Å². The van der Waals surface area contributed by atoms with Crippen molar-refractivity contribution >= 4 is 15.9 Å². The molecule has 0 radical (unpaired) electrons. The van der Waals surface area contributed by atoms with E-state index in [-0.39, 0.29) is 0 Å². The van der Waals surface area contributed by atoms with Gasteiger partial charge in [0.1, 0.15) is 11.5 Å². The summed E-state index contributed by atoms with van der Waals surface area (Å²) in [6.45, 7) is 2.51. The highest BCUT2D eigenvalue weighted by atomic mass is 79.9. The standard InChI is InChI=1S/C14H14BrNO/c1-10-5-6-11(9-16)14(7-10)17-13-4-2-3-12(15)8-13/h2-8H,9,16H2,1H3. The molecule has 2 nitrogen and oxygen atoms in total. The summed E-state index contributed by atoms with van der Waals surface area (Å²) in [5.41, 5.74) is 7.86. The Balaban J connectivity index is 2.32. The van der Waals surface area contributed by atoms with Gasteiger partial charge in [-0.2, -0.15) is 0 Å². The molecular weight excluding hydrogens is 278 g/mol. The molecule has 0 spiro atoms. The molecule has 2 aromatic carbocycles. The number of halogens is 1. The molecule has 2 aromatic rings. The minimum Gasteiger partial charge on any atom is -0.457 e. The van der Waals surface area contributed by atoms with E-state index in [1.807, 2.05) is 49.4 Å². The molecule has 0 saturated heterocycles. The summed E-state index contributed by atoms with van der Waals surface area (Å²) in [6.07, 6.45) is 0. The van der Waals surface area contributed by atoms with Gasteiger partial charge in [-0.05, 0) is 36.8 Å². The van der Waals surface area contributed by atoms with Crippen LogP contribution in [0.15, 0.2) is 46.9 Å². The molecule has 0 amide bonds. The molecule has 0 heterocycles. The van der Waals surface area contributed by atoms with Crippen LogP contribution in [0, 0.1) is 6.92 Å². The molecule has 0 aliphatic rings. The Morgan fingerprint density at radius 3 is 2.71 bits per heavy atom. The molecule has 0 fully saturated rings. The second-order valence-corrected chi connectivity index (χ2v) is 4.79. The fourth-order valence-corrected chi connectivity index (χ4v) is 1.96. The maximum Gasteiger partial charge on any atom is 0.132 e. The largest absolute Gasteiger partial charge is 0.457 e. The van der Waals surface area contributed by atoms with Crippen molar-refractivity contribution in [1.82, 2.24) is 0 Å². The summed E-state index contributed by atoms with van der Waals surface area (Å²) in [6, 6.07) is 13.8. The summed E-state index contributed by atoms with van der Waals surface area (Å²) in [4.78, 5) is 0. The lowest BCUT2D eigenvalue weighted by Gasteiger charge is -2.11. The highest BCUT2D eigenvalue weighted by Gasteiger charge is 2.04. The number of benzene rings is 2. The molecule has 0 aliphatic carbocycles. The predicted molar refractivity (Wildman–Crippen MR) is 73.3 cm³/mol. The number of hydrogen-bond donors (Lipinski definition) is 1. The number of aryl methyl sites for hydroxylation is 1. The molecule has 2 rings (SSSR count). The van der Waals surface area contributed by atoms with Crippen LogP contribution in [0.25, 0.3) is 0 Å². The van der Waals surface area contributed by atoms with Crippen molar-refractivity contribution in [2.45, 2.75) is 13.5 Å². The summed E-state index contributed by atoms with van der Waals surface area (Å²) in [5, 5.41) is 0. The van der Waals surface area contributed by atoms with Crippen LogP contribution < -0.4 is 10.5 Å². The van der Waals surface area contributed by atoms with Gasteiger partial charge < -0.3 is 10.5 Å². The molecular formula is C14H14BrNO. The summed E-state index contributed by atoms with van der Waals surface area (Å²) in [5.74, 6) is 1.63. The third-order valence-electron chi connectivity index (χ3n) is 2.47. The quantitative estimate of drug-likeness (QED) is 0.927. The highest BCUT2D eigenvalue weighted by molar-refractivity contribution is 9.10. The van der Waals surface area contributed by atoms with Crippen molar-refractivity contribution in [3.05, 3.63) is 58.1 Å². The van der Waals surface area contributed by atoms with Crippen molar-refractivity contribution in [1.29, 1.82) is 0 Å². The Bertz CT molecular complexity index is 525. The summed E-state index contributed by atoms with van der Waals surface area (Å²) >= 11 is 3.42. The summed E-state index contributed by atoms with van der Waals surface area (Å²) < 4.78 is 6.85. The Hall–Kier alpha value is -1.32. The number of ether oxygens (including phenoxy) is 1. The molecule has 0 bridgehead atoms. The van der Waals surface area contributed by atoms with E-state index < -0.39 is 0 Å². The van der Waals surface area contributed by atoms with Crippen molar-refractivity contribution < 1.29 is 4.74 Å². The van der Waals surface area contributed by atoms with E-state index in [1.54, 1.807) is 0 Å². The fraction of sp³-hybridized carbons (Fsp3) is 0.143. The topological polar surface area (TPSA) is 35.2 Å². The average molecular weight is 292 g/mol. The van der Waals surface area contributed by atoms with E-state index in [0.717, 1.165) is 27.1 Å².